The van der Waals surface area contributed by atoms with E-state index in [2.05, 4.69) is 11.8 Å². The SMILES string of the molecule is CCCN(CCC1C2CC3CC(C2)CC1C3)C1C2CC3CC(C2)CC1C3. The summed E-state index contributed by atoms with van der Waals surface area (Å²) in [5, 5.41) is 0. The first-order chi connectivity index (χ1) is 12.8. The zero-order chi connectivity index (χ0) is 17.3. The molecule has 0 atom stereocenters. The molecule has 0 aromatic carbocycles. The van der Waals surface area contributed by atoms with E-state index in [-0.39, 0.29) is 0 Å². The minimum atomic E-state index is 0.986. The predicted molar refractivity (Wildman–Crippen MR) is 108 cm³/mol. The largest absolute Gasteiger partial charge is 0.300 e. The van der Waals surface area contributed by atoms with E-state index >= 15 is 0 Å². The summed E-state index contributed by atoms with van der Waals surface area (Å²) in [6.07, 6.45) is 19.0. The van der Waals surface area contributed by atoms with E-state index in [1.807, 2.05) is 0 Å². The number of nitrogens with zero attached hydrogens (tertiary/aromatic N) is 1. The highest BCUT2D eigenvalue weighted by Gasteiger charge is 2.51. The van der Waals surface area contributed by atoms with Crippen LogP contribution in [-0.2, 0) is 0 Å². The van der Waals surface area contributed by atoms with Crippen LogP contribution in [0.25, 0.3) is 0 Å². The minimum Gasteiger partial charge on any atom is -0.300 e. The fourth-order valence-electron chi connectivity index (χ4n) is 10.0. The van der Waals surface area contributed by atoms with E-state index in [9.17, 15) is 0 Å². The molecule has 8 aliphatic carbocycles. The van der Waals surface area contributed by atoms with Crippen molar-refractivity contribution in [2.75, 3.05) is 13.1 Å². The first kappa shape index (κ1) is 16.9. The molecular formula is C25H41N. The van der Waals surface area contributed by atoms with Gasteiger partial charge in [-0.3, -0.25) is 4.90 Å². The first-order valence-corrected chi connectivity index (χ1v) is 12.5. The maximum absolute atomic E-state index is 3.05. The Kier molecular flexibility index (Phi) is 4.22. The van der Waals surface area contributed by atoms with Crippen molar-refractivity contribution in [3.8, 4) is 0 Å². The molecule has 0 N–H and O–H groups in total. The van der Waals surface area contributed by atoms with Gasteiger partial charge in [0.2, 0.25) is 0 Å². The van der Waals surface area contributed by atoms with Gasteiger partial charge in [-0.1, -0.05) is 6.92 Å². The van der Waals surface area contributed by atoms with Crippen molar-refractivity contribution in [2.45, 2.75) is 90.0 Å². The Hall–Kier alpha value is -0.0400. The molecule has 26 heavy (non-hydrogen) atoms. The molecule has 8 rings (SSSR count). The lowest BCUT2D eigenvalue weighted by Crippen LogP contribution is -2.56. The zero-order valence-electron chi connectivity index (χ0n) is 17.1. The molecule has 0 spiro atoms. The smallest absolute Gasteiger partial charge is 0.0152 e. The third-order valence-corrected chi connectivity index (χ3v) is 10.3. The number of hydrogen-bond acceptors (Lipinski definition) is 1. The molecule has 0 saturated heterocycles. The molecule has 8 saturated carbocycles. The summed E-state index contributed by atoms with van der Waals surface area (Å²) in [4.78, 5) is 3.05. The van der Waals surface area contributed by atoms with E-state index < -0.39 is 0 Å². The molecule has 8 fully saturated rings. The standard InChI is InChI=1S/C25H41N/c1-2-4-26(25-22-12-18-7-19(14-22)15-23(25)13-18)5-3-24-20-8-16-6-17(10-20)11-21(24)9-16/h16-25H,2-15H2,1H3. The molecule has 0 amide bonds. The van der Waals surface area contributed by atoms with Crippen molar-refractivity contribution in [1.29, 1.82) is 0 Å². The van der Waals surface area contributed by atoms with Gasteiger partial charge in [-0.05, 0) is 143 Å². The minimum absolute atomic E-state index is 0.986. The van der Waals surface area contributed by atoms with Crippen molar-refractivity contribution in [3.63, 3.8) is 0 Å². The van der Waals surface area contributed by atoms with Crippen LogP contribution in [0.2, 0.25) is 0 Å². The van der Waals surface area contributed by atoms with Crippen molar-refractivity contribution in [3.05, 3.63) is 0 Å². The Labute approximate surface area is 161 Å². The van der Waals surface area contributed by atoms with Crippen molar-refractivity contribution in [1.82, 2.24) is 4.90 Å². The highest BCUT2D eigenvalue weighted by molar-refractivity contribution is 5.03. The van der Waals surface area contributed by atoms with Crippen LogP contribution in [0.1, 0.15) is 84.0 Å². The Morgan fingerprint density at radius 2 is 1.04 bits per heavy atom. The second kappa shape index (κ2) is 6.50. The summed E-state index contributed by atoms with van der Waals surface area (Å²) in [5.74, 6) is 10.1. The van der Waals surface area contributed by atoms with Crippen LogP contribution in [0, 0.1) is 53.3 Å². The highest BCUT2D eigenvalue weighted by Crippen LogP contribution is 2.58. The van der Waals surface area contributed by atoms with Crippen LogP contribution in [-0.4, -0.2) is 24.0 Å². The molecule has 1 heteroatoms. The van der Waals surface area contributed by atoms with Gasteiger partial charge in [0, 0.05) is 6.04 Å². The topological polar surface area (TPSA) is 3.24 Å². The molecule has 0 aromatic heterocycles. The summed E-state index contributed by atoms with van der Waals surface area (Å²) in [7, 11) is 0. The second-order valence-electron chi connectivity index (χ2n) is 11.8. The van der Waals surface area contributed by atoms with Gasteiger partial charge >= 0.3 is 0 Å². The molecule has 0 heterocycles. The Morgan fingerprint density at radius 3 is 1.50 bits per heavy atom. The molecule has 1 nitrogen and oxygen atoms in total. The monoisotopic (exact) mass is 355 g/mol. The molecule has 0 aliphatic heterocycles. The van der Waals surface area contributed by atoms with E-state index in [4.69, 9.17) is 0 Å². The van der Waals surface area contributed by atoms with Gasteiger partial charge < -0.3 is 0 Å². The van der Waals surface area contributed by atoms with Gasteiger partial charge in [0.05, 0.1) is 0 Å². The summed E-state index contributed by atoms with van der Waals surface area (Å²) in [5.41, 5.74) is 0. The lowest BCUT2D eigenvalue weighted by molar-refractivity contribution is -0.0764. The van der Waals surface area contributed by atoms with Crippen LogP contribution in [0.5, 0.6) is 0 Å². The maximum atomic E-state index is 3.05. The van der Waals surface area contributed by atoms with Crippen LogP contribution < -0.4 is 0 Å². The van der Waals surface area contributed by atoms with Crippen LogP contribution in [0.3, 0.4) is 0 Å². The van der Waals surface area contributed by atoms with Gasteiger partial charge in [0.1, 0.15) is 0 Å². The average molecular weight is 356 g/mol. The maximum Gasteiger partial charge on any atom is 0.0152 e. The highest BCUT2D eigenvalue weighted by atomic mass is 15.2. The normalized spacial score (nSPS) is 53.8. The quantitative estimate of drug-likeness (QED) is 0.566. The van der Waals surface area contributed by atoms with Gasteiger partial charge in [-0.25, -0.2) is 0 Å². The fraction of sp³-hybridized carbons (Fsp3) is 1.00. The summed E-state index contributed by atoms with van der Waals surface area (Å²) in [6, 6.07) is 0.986. The Bertz CT molecular complexity index is 468. The van der Waals surface area contributed by atoms with Crippen LogP contribution in [0.4, 0.5) is 0 Å². The molecule has 0 aromatic rings. The van der Waals surface area contributed by atoms with Crippen molar-refractivity contribution < 1.29 is 0 Å². The molecule has 8 aliphatic rings. The van der Waals surface area contributed by atoms with E-state index in [0.29, 0.717) is 0 Å². The van der Waals surface area contributed by atoms with Crippen LogP contribution in [0.15, 0.2) is 0 Å². The summed E-state index contributed by atoms with van der Waals surface area (Å²) >= 11 is 0. The van der Waals surface area contributed by atoms with E-state index in [1.165, 1.54) is 19.5 Å². The third kappa shape index (κ3) is 2.73. The number of rotatable bonds is 6. The summed E-state index contributed by atoms with van der Waals surface area (Å²) in [6.45, 7) is 5.26. The Morgan fingerprint density at radius 1 is 0.577 bits per heavy atom. The summed E-state index contributed by atoms with van der Waals surface area (Å²) < 4.78 is 0. The zero-order valence-corrected chi connectivity index (χ0v) is 17.1. The molecule has 0 radical (unpaired) electrons. The fourth-order valence-corrected chi connectivity index (χ4v) is 10.0. The molecule has 8 bridgehead atoms. The van der Waals surface area contributed by atoms with Gasteiger partial charge in [-0.2, -0.15) is 0 Å². The van der Waals surface area contributed by atoms with Gasteiger partial charge in [-0.15, -0.1) is 0 Å². The lowest BCUT2D eigenvalue weighted by Gasteiger charge is -2.58. The van der Waals surface area contributed by atoms with Crippen molar-refractivity contribution >= 4 is 0 Å². The van der Waals surface area contributed by atoms with Crippen molar-refractivity contribution in [2.24, 2.45) is 53.3 Å². The lowest BCUT2D eigenvalue weighted by atomic mass is 9.51. The first-order valence-electron chi connectivity index (χ1n) is 12.5. The number of hydrogen-bond donors (Lipinski definition) is 0. The Balaban J connectivity index is 1.14. The molecule has 146 valence electrons. The second-order valence-corrected chi connectivity index (χ2v) is 11.8. The molecular weight excluding hydrogens is 314 g/mol. The van der Waals surface area contributed by atoms with E-state index in [1.54, 1.807) is 70.6 Å². The third-order valence-electron chi connectivity index (χ3n) is 10.3. The van der Waals surface area contributed by atoms with Gasteiger partial charge in [0.15, 0.2) is 0 Å². The predicted octanol–water partition coefficient (Wildman–Crippen LogP) is 5.99. The average Bonchev–Trinajstić information content (AvgIpc) is 2.59. The van der Waals surface area contributed by atoms with Gasteiger partial charge in [0.25, 0.3) is 0 Å². The molecule has 0 unspecified atom stereocenters. The van der Waals surface area contributed by atoms with E-state index in [0.717, 1.165) is 59.3 Å². The van der Waals surface area contributed by atoms with Crippen LogP contribution >= 0.6 is 0 Å².